The summed E-state index contributed by atoms with van der Waals surface area (Å²) in [5, 5.41) is 2.73. The number of esters is 2. The van der Waals surface area contributed by atoms with Crippen LogP contribution in [-0.2, 0) is 39.5 Å². The molecule has 0 saturated carbocycles. The number of benzene rings is 3. The van der Waals surface area contributed by atoms with Gasteiger partial charge in [0.2, 0.25) is 5.97 Å². The van der Waals surface area contributed by atoms with Crippen molar-refractivity contribution in [1.29, 1.82) is 0 Å². The second kappa shape index (κ2) is 25.3. The molecular weight excluding hydrogens is 633 g/mol. The molecule has 0 aliphatic heterocycles. The number of hydrogen-bond donors (Lipinski definition) is 1. The maximum absolute atomic E-state index is 11.4. The van der Waals surface area contributed by atoms with Crippen molar-refractivity contribution in [1.82, 2.24) is 0 Å². The van der Waals surface area contributed by atoms with E-state index < -0.39 is 11.9 Å². The second-order valence-corrected chi connectivity index (χ2v) is 13.9. The van der Waals surface area contributed by atoms with Gasteiger partial charge in [-0.25, -0.2) is 0 Å². The van der Waals surface area contributed by atoms with Gasteiger partial charge in [0.1, 0.15) is 0 Å². The van der Waals surface area contributed by atoms with Gasteiger partial charge in [-0.2, -0.15) is 0 Å². The number of carbonyl (C=O) groups excluding carboxylic acids is 2. The predicted molar refractivity (Wildman–Crippen MR) is 169 cm³/mol. The summed E-state index contributed by atoms with van der Waals surface area (Å²) in [5.74, 6) is -1.45. The Morgan fingerprint density at radius 3 is 1.75 bits per heavy atom. The molecule has 0 aliphatic rings. The van der Waals surface area contributed by atoms with Crippen LogP contribution < -0.4 is 5.32 Å². The molecule has 0 unspecified atom stereocenters. The molecule has 9 heteroatoms. The molecule has 6 nitrogen and oxygen atoms in total. The minimum atomic E-state index is -0.756. The van der Waals surface area contributed by atoms with Crippen molar-refractivity contribution in [2.75, 3.05) is 59.5 Å². The molecule has 0 spiro atoms. The first-order valence-electron chi connectivity index (χ1n) is 12.0. The fraction of sp³-hybridized carbons (Fsp3) is 0.258. The molecule has 40 heavy (non-hydrogen) atoms. The Labute approximate surface area is 256 Å². The molecule has 0 atom stereocenters. The SMILES string of the molecule is COC(=O)[C-]=C(Nc1ccccc1)C(=O)OC.CP(C)C.CP(C)C.[Pd+2].[c-]1ccccc1C=Nc1ccccc1. The summed E-state index contributed by atoms with van der Waals surface area (Å²) in [6, 6.07) is 29.6. The van der Waals surface area contributed by atoms with E-state index in [0.717, 1.165) is 11.3 Å². The summed E-state index contributed by atoms with van der Waals surface area (Å²) < 4.78 is 8.92. The van der Waals surface area contributed by atoms with E-state index in [-0.39, 0.29) is 26.1 Å². The Morgan fingerprint density at radius 1 is 0.800 bits per heavy atom. The molecule has 3 aromatic rings. The van der Waals surface area contributed by atoms with Crippen molar-refractivity contribution in [3.05, 3.63) is 108 Å². The molecule has 0 radical (unpaired) electrons. The van der Waals surface area contributed by atoms with Gasteiger partial charge < -0.3 is 24.6 Å². The van der Waals surface area contributed by atoms with E-state index >= 15 is 0 Å². The number of rotatable bonds is 6. The molecule has 0 saturated heterocycles. The zero-order valence-corrected chi connectivity index (χ0v) is 27.8. The number of hydrogen-bond acceptors (Lipinski definition) is 6. The van der Waals surface area contributed by atoms with Gasteiger partial charge in [0.15, 0.2) is 5.97 Å². The summed E-state index contributed by atoms with van der Waals surface area (Å²) in [6.45, 7) is 13.4. The summed E-state index contributed by atoms with van der Waals surface area (Å²) >= 11 is 0. The van der Waals surface area contributed by atoms with Gasteiger partial charge in [-0.15, -0.1) is 57.8 Å². The van der Waals surface area contributed by atoms with Crippen LogP contribution in [-0.4, -0.2) is 72.4 Å². The van der Waals surface area contributed by atoms with Crippen molar-refractivity contribution < 1.29 is 39.5 Å². The third-order valence-electron chi connectivity index (χ3n) is 3.69. The average molecular weight is 673 g/mol. The van der Waals surface area contributed by atoms with Gasteiger partial charge in [-0.05, 0) is 76.2 Å². The van der Waals surface area contributed by atoms with E-state index in [9.17, 15) is 9.59 Å². The van der Waals surface area contributed by atoms with Gasteiger partial charge in [0.05, 0.1) is 19.9 Å². The topological polar surface area (TPSA) is 77.0 Å². The molecule has 0 aromatic heterocycles. The molecule has 1 N–H and O–H groups in total. The number of nitrogens with zero attached hydrogens (tertiary/aromatic N) is 1. The van der Waals surface area contributed by atoms with Crippen molar-refractivity contribution in [3.63, 3.8) is 0 Å². The Hall–Kier alpha value is -2.67. The predicted octanol–water partition coefficient (Wildman–Crippen LogP) is 7.08. The number of nitrogens with one attached hydrogen (secondary N) is 1. The maximum Gasteiger partial charge on any atom is 2.00 e. The summed E-state index contributed by atoms with van der Waals surface area (Å²) in [7, 11) is 3.18. The van der Waals surface area contributed by atoms with Crippen LogP contribution in [0.5, 0.6) is 0 Å². The molecule has 0 aliphatic carbocycles. The van der Waals surface area contributed by atoms with E-state index in [1.165, 1.54) is 14.2 Å². The molecule has 0 bridgehead atoms. The first-order chi connectivity index (χ1) is 18.6. The van der Waals surface area contributed by atoms with Crippen molar-refractivity contribution in [3.8, 4) is 0 Å². The van der Waals surface area contributed by atoms with Crippen LogP contribution in [0.2, 0.25) is 0 Å². The Morgan fingerprint density at radius 2 is 1.30 bits per heavy atom. The Bertz CT molecular complexity index is 1060. The monoisotopic (exact) mass is 672 g/mol. The van der Waals surface area contributed by atoms with Crippen LogP contribution in [0.15, 0.2) is 95.6 Å². The number of anilines is 1. The van der Waals surface area contributed by atoms with Gasteiger partial charge in [-0.1, -0.05) is 36.4 Å². The average Bonchev–Trinajstić information content (AvgIpc) is 2.92. The van der Waals surface area contributed by atoms with E-state index in [0.29, 0.717) is 21.5 Å². The smallest absolute Gasteiger partial charge is 0.549 e. The van der Waals surface area contributed by atoms with Crippen LogP contribution in [0.3, 0.4) is 0 Å². The zero-order valence-electron chi connectivity index (χ0n) is 24.5. The largest absolute Gasteiger partial charge is 2.00 e. The van der Waals surface area contributed by atoms with Crippen LogP contribution >= 0.6 is 15.8 Å². The van der Waals surface area contributed by atoms with Crippen molar-refractivity contribution >= 4 is 45.4 Å². The quantitative estimate of drug-likeness (QED) is 0.0757. The van der Waals surface area contributed by atoms with Crippen molar-refractivity contribution in [2.24, 2.45) is 4.99 Å². The Kier molecular flexibility index (Phi) is 25.0. The van der Waals surface area contributed by atoms with Gasteiger partial charge in [0.25, 0.3) is 0 Å². The number of methoxy groups -OCH3 is 2. The van der Waals surface area contributed by atoms with Crippen LogP contribution in [0, 0.1) is 12.1 Å². The van der Waals surface area contributed by atoms with Crippen LogP contribution in [0.4, 0.5) is 11.4 Å². The maximum atomic E-state index is 11.4. The number of ether oxygens (including phenoxy) is 2. The van der Waals surface area contributed by atoms with E-state index in [1.54, 1.807) is 24.3 Å². The van der Waals surface area contributed by atoms with Crippen LogP contribution in [0.1, 0.15) is 5.56 Å². The fourth-order valence-electron chi connectivity index (χ4n) is 2.20. The zero-order chi connectivity index (χ0) is 29.5. The molecule has 3 rings (SSSR count). The van der Waals surface area contributed by atoms with E-state index in [2.05, 4.69) is 71.9 Å². The summed E-state index contributed by atoms with van der Waals surface area (Å²) in [5.41, 5.74) is 2.50. The second-order valence-electron chi connectivity index (χ2n) is 8.57. The molecule has 0 amide bonds. The number of aliphatic imine (C=N–C) groups is 1. The van der Waals surface area contributed by atoms with E-state index in [1.807, 2.05) is 66.9 Å². The molecule has 0 fully saturated rings. The first kappa shape index (κ1) is 39.5. The summed E-state index contributed by atoms with van der Waals surface area (Å²) in [6.07, 6.45) is 4.05. The normalized spacial score (nSPS) is 10.0. The third kappa shape index (κ3) is 23.2. The van der Waals surface area contributed by atoms with Gasteiger partial charge in [0, 0.05) is 5.69 Å². The number of carbonyl (C=O) groups is 2. The third-order valence-corrected chi connectivity index (χ3v) is 3.69. The van der Waals surface area contributed by atoms with Crippen molar-refractivity contribution in [2.45, 2.75) is 0 Å². The van der Waals surface area contributed by atoms with Gasteiger partial charge in [-0.3, -0.25) is 4.79 Å². The standard InChI is InChI=1S/C13H10N.C12H12NO4.2C3H9P.Pd/c1-3-7-12(8-4-1)11-14-13-9-5-2-6-10-13;1-16-11(14)8-10(12(15)17-2)13-9-6-4-3-5-7-9;2*1-4(2)3;/h1-7,9-11H;3-7,13H,1-2H3;2*1-3H3;/q2*-1;;;+2. The minimum Gasteiger partial charge on any atom is -0.549 e. The molecule has 218 valence electrons. The summed E-state index contributed by atoms with van der Waals surface area (Å²) in [4.78, 5) is 26.7. The molecule has 0 heterocycles. The Balaban J connectivity index is 0. The van der Waals surface area contributed by atoms with Crippen LogP contribution in [0.25, 0.3) is 0 Å². The molecule has 3 aromatic carbocycles. The fourth-order valence-corrected chi connectivity index (χ4v) is 2.20. The first-order valence-corrected chi connectivity index (χ1v) is 17.4. The molecular formula is C31H40N2O4P2Pd. The van der Waals surface area contributed by atoms with E-state index in [4.69, 9.17) is 0 Å². The minimum absolute atomic E-state index is 0. The van der Waals surface area contributed by atoms with Gasteiger partial charge >= 0.3 is 20.4 Å². The number of para-hydroxylation sites is 2.